The van der Waals surface area contributed by atoms with Gasteiger partial charge in [0.15, 0.2) is 9.84 Å². The lowest BCUT2D eigenvalue weighted by Gasteiger charge is -2.18. The third kappa shape index (κ3) is 6.45. The Labute approximate surface area is 173 Å². The average Bonchev–Trinajstić information content (AvgIpc) is 2.72. The van der Waals surface area contributed by atoms with Gasteiger partial charge in [0.05, 0.1) is 17.8 Å². The van der Waals surface area contributed by atoms with Gasteiger partial charge in [0.25, 0.3) is 0 Å². The fourth-order valence-corrected chi connectivity index (χ4v) is 4.42. The highest BCUT2D eigenvalue weighted by molar-refractivity contribution is 7.91. The van der Waals surface area contributed by atoms with Gasteiger partial charge >= 0.3 is 0 Å². The highest BCUT2D eigenvalue weighted by Gasteiger charge is 2.21. The number of sulfone groups is 1. The maximum absolute atomic E-state index is 12.8. The van der Waals surface area contributed by atoms with Crippen LogP contribution in [0, 0.1) is 0 Å². The highest BCUT2D eigenvalue weighted by Crippen LogP contribution is 2.21. The monoisotopic (exact) mass is 441 g/mol. The van der Waals surface area contributed by atoms with Gasteiger partial charge < -0.3 is 9.47 Å². The minimum atomic E-state index is -3.65. The van der Waals surface area contributed by atoms with Crippen LogP contribution in [0.5, 0.6) is 11.5 Å². The Morgan fingerprint density at radius 1 is 0.966 bits per heavy atom. The summed E-state index contributed by atoms with van der Waals surface area (Å²) in [6, 6.07) is 13.5. The van der Waals surface area contributed by atoms with Crippen LogP contribution in [0.3, 0.4) is 0 Å². The van der Waals surface area contributed by atoms with Crippen molar-refractivity contribution in [1.29, 1.82) is 0 Å². The number of sulfonamides is 1. The van der Waals surface area contributed by atoms with Crippen molar-refractivity contribution in [2.75, 3.05) is 38.8 Å². The molecular weight excluding hydrogens is 414 g/mol. The van der Waals surface area contributed by atoms with E-state index in [0.29, 0.717) is 18.7 Å². The highest BCUT2D eigenvalue weighted by atomic mass is 32.2. The van der Waals surface area contributed by atoms with Crippen molar-refractivity contribution in [3.63, 3.8) is 0 Å². The minimum absolute atomic E-state index is 0.0289. The first-order valence-corrected chi connectivity index (χ1v) is 12.5. The predicted octanol–water partition coefficient (Wildman–Crippen LogP) is 2.37. The molecule has 2 aromatic carbocycles. The van der Waals surface area contributed by atoms with E-state index < -0.39 is 19.9 Å². The second kappa shape index (κ2) is 10.1. The molecular formula is C20H27NO6S2. The number of para-hydroxylation sites is 1. The van der Waals surface area contributed by atoms with Crippen molar-refractivity contribution < 1.29 is 26.3 Å². The van der Waals surface area contributed by atoms with Crippen LogP contribution in [-0.4, -0.2) is 60.0 Å². The van der Waals surface area contributed by atoms with Gasteiger partial charge in [-0.3, -0.25) is 0 Å². The van der Waals surface area contributed by atoms with Gasteiger partial charge in [-0.1, -0.05) is 25.1 Å². The average molecular weight is 442 g/mol. The quantitative estimate of drug-likeness (QED) is 0.532. The molecule has 9 heteroatoms. The van der Waals surface area contributed by atoms with Gasteiger partial charge in [0, 0.05) is 19.3 Å². The Morgan fingerprint density at radius 3 is 2.24 bits per heavy atom. The fraction of sp³-hybridized carbons (Fsp3) is 0.400. The summed E-state index contributed by atoms with van der Waals surface area (Å²) in [5, 5.41) is 0. The lowest BCUT2D eigenvalue weighted by Crippen LogP contribution is -2.29. The Hall–Kier alpha value is -2.10. The molecule has 0 amide bonds. The molecule has 7 nitrogen and oxygen atoms in total. The molecule has 0 unspecified atom stereocenters. The molecule has 0 saturated carbocycles. The Bertz CT molecular complexity index is 1000. The molecule has 0 heterocycles. The molecule has 0 aliphatic heterocycles. The van der Waals surface area contributed by atoms with Crippen LogP contribution in [-0.2, 0) is 26.3 Å². The zero-order chi connectivity index (χ0) is 21.5. The zero-order valence-corrected chi connectivity index (χ0v) is 18.5. The van der Waals surface area contributed by atoms with E-state index in [-0.39, 0.29) is 23.0 Å². The Morgan fingerprint density at radius 2 is 1.62 bits per heavy atom. The summed E-state index contributed by atoms with van der Waals surface area (Å²) in [7, 11) is -3.64. The Kier molecular flexibility index (Phi) is 8.06. The summed E-state index contributed by atoms with van der Waals surface area (Å²) in [6.07, 6.45) is 0.521. The number of nitrogens with zero attached hydrogens (tertiary/aromatic N) is 1. The van der Waals surface area contributed by atoms with Gasteiger partial charge in [-0.2, -0.15) is 0 Å². The van der Waals surface area contributed by atoms with Gasteiger partial charge in [-0.25, -0.2) is 21.1 Å². The summed E-state index contributed by atoms with van der Waals surface area (Å²) in [6.45, 7) is 1.91. The predicted molar refractivity (Wildman–Crippen MR) is 113 cm³/mol. The van der Waals surface area contributed by atoms with E-state index in [1.165, 1.54) is 35.6 Å². The van der Waals surface area contributed by atoms with E-state index in [2.05, 4.69) is 0 Å². The third-order valence-corrected chi connectivity index (χ3v) is 8.06. The maximum atomic E-state index is 12.8. The fourth-order valence-electron chi connectivity index (χ4n) is 2.63. The van der Waals surface area contributed by atoms with Crippen molar-refractivity contribution in [2.45, 2.75) is 18.2 Å². The molecule has 0 radical (unpaired) electrons. The van der Waals surface area contributed by atoms with Crippen molar-refractivity contribution in [1.82, 2.24) is 4.31 Å². The molecule has 0 atom stereocenters. The third-order valence-electron chi connectivity index (χ3n) is 4.52. The number of hydrogen-bond donors (Lipinski definition) is 0. The van der Waals surface area contributed by atoms with Crippen molar-refractivity contribution in [2.24, 2.45) is 0 Å². The summed E-state index contributed by atoms with van der Waals surface area (Å²) in [4.78, 5) is 0.147. The first-order valence-electron chi connectivity index (χ1n) is 9.21. The molecule has 0 aliphatic carbocycles. The lowest BCUT2D eigenvalue weighted by molar-refractivity contribution is 0.340. The first kappa shape index (κ1) is 23.2. The van der Waals surface area contributed by atoms with Crippen molar-refractivity contribution >= 4 is 19.9 Å². The first-order chi connectivity index (χ1) is 13.7. The van der Waals surface area contributed by atoms with Crippen LogP contribution in [0.4, 0.5) is 0 Å². The molecule has 2 rings (SSSR count). The van der Waals surface area contributed by atoms with E-state index in [4.69, 9.17) is 9.47 Å². The topological polar surface area (TPSA) is 90.0 Å². The number of likely N-dealkylation sites (N-methyl/N-ethyl adjacent to an activating group) is 1. The zero-order valence-electron chi connectivity index (χ0n) is 16.9. The molecule has 0 fully saturated rings. The molecule has 0 bridgehead atoms. The molecule has 0 saturated heterocycles. The van der Waals surface area contributed by atoms with Gasteiger partial charge in [0.1, 0.15) is 18.1 Å². The molecule has 0 N–H and O–H groups in total. The SMILES string of the molecule is CCS(=O)(=O)CCOc1ccc(S(=O)(=O)N(C)CCc2ccccc2OC)cc1. The largest absolute Gasteiger partial charge is 0.496 e. The van der Waals surface area contributed by atoms with Crippen LogP contribution in [0.25, 0.3) is 0 Å². The molecule has 0 spiro atoms. The molecule has 2 aromatic rings. The summed E-state index contributed by atoms with van der Waals surface area (Å²) in [5.74, 6) is 1.14. The van der Waals surface area contributed by atoms with Gasteiger partial charge in [-0.15, -0.1) is 0 Å². The van der Waals surface area contributed by atoms with Gasteiger partial charge in [0.2, 0.25) is 10.0 Å². The summed E-state index contributed by atoms with van der Waals surface area (Å²) in [5.41, 5.74) is 0.933. The number of rotatable bonds is 11. The Balaban J connectivity index is 1.99. The van der Waals surface area contributed by atoms with Crippen LogP contribution < -0.4 is 9.47 Å². The van der Waals surface area contributed by atoms with E-state index in [9.17, 15) is 16.8 Å². The normalized spacial score (nSPS) is 12.1. The number of hydrogen-bond acceptors (Lipinski definition) is 6. The van der Waals surface area contributed by atoms with E-state index in [1.807, 2.05) is 24.3 Å². The van der Waals surface area contributed by atoms with E-state index in [1.54, 1.807) is 14.0 Å². The summed E-state index contributed by atoms with van der Waals surface area (Å²) >= 11 is 0. The van der Waals surface area contributed by atoms with Crippen molar-refractivity contribution in [3.05, 3.63) is 54.1 Å². The summed E-state index contributed by atoms with van der Waals surface area (Å²) < 4.78 is 60.5. The van der Waals surface area contributed by atoms with Crippen molar-refractivity contribution in [3.8, 4) is 11.5 Å². The van der Waals surface area contributed by atoms with E-state index >= 15 is 0 Å². The second-order valence-electron chi connectivity index (χ2n) is 6.44. The van der Waals surface area contributed by atoms with Crippen LogP contribution >= 0.6 is 0 Å². The standard InChI is InChI=1S/C20H27NO6S2/c1-4-28(22,23)16-15-27-18-9-11-19(12-10-18)29(24,25)21(2)14-13-17-7-5-6-8-20(17)26-3/h5-12H,4,13-16H2,1-3H3. The molecule has 160 valence electrons. The number of benzene rings is 2. The molecule has 29 heavy (non-hydrogen) atoms. The van der Waals surface area contributed by atoms with Crippen LogP contribution in [0.15, 0.2) is 53.4 Å². The number of ether oxygens (including phenoxy) is 2. The van der Waals surface area contributed by atoms with E-state index in [0.717, 1.165) is 11.3 Å². The lowest BCUT2D eigenvalue weighted by atomic mass is 10.1. The minimum Gasteiger partial charge on any atom is -0.496 e. The maximum Gasteiger partial charge on any atom is 0.242 e. The van der Waals surface area contributed by atoms with Gasteiger partial charge in [-0.05, 0) is 42.3 Å². The van der Waals surface area contributed by atoms with Crippen LogP contribution in [0.1, 0.15) is 12.5 Å². The second-order valence-corrected chi connectivity index (χ2v) is 11.0. The number of methoxy groups -OCH3 is 1. The molecule has 0 aliphatic rings. The molecule has 0 aromatic heterocycles. The van der Waals surface area contributed by atoms with Crippen LogP contribution in [0.2, 0.25) is 0 Å². The smallest absolute Gasteiger partial charge is 0.242 e.